The van der Waals surface area contributed by atoms with E-state index in [1.165, 1.54) is 92.1 Å². The lowest BCUT2D eigenvalue weighted by Crippen LogP contribution is -2.30. The Morgan fingerprint density at radius 1 is 0.491 bits per heavy atom. The first kappa shape index (κ1) is 29.1. The number of fused-ring (bicyclic) bond motifs is 16. The number of pyridine rings is 1. The van der Waals surface area contributed by atoms with Gasteiger partial charge in [0.25, 0.3) is 0 Å². The monoisotopic (exact) mass is 690 g/mol. The molecule has 0 bridgehead atoms. The summed E-state index contributed by atoms with van der Waals surface area (Å²) in [4.78, 5) is 4.53. The number of aromatic nitrogens is 2. The summed E-state index contributed by atoms with van der Waals surface area (Å²) in [5.74, 6) is 0. The topological polar surface area (TPSA) is 17.8 Å². The molecule has 0 amide bonds. The molecule has 0 saturated heterocycles. The molecule has 3 heteroatoms. The van der Waals surface area contributed by atoms with Gasteiger partial charge < -0.3 is 4.57 Å². The summed E-state index contributed by atoms with van der Waals surface area (Å²) in [6.07, 6.45) is 8.54. The van der Waals surface area contributed by atoms with E-state index < -0.39 is 5.41 Å². The molecule has 7 aromatic carbocycles. The molecule has 53 heavy (non-hydrogen) atoms. The summed E-state index contributed by atoms with van der Waals surface area (Å²) in [5.41, 5.74) is 15.9. The number of nitrogens with zero attached hydrogens (tertiary/aromatic N) is 2. The molecule has 2 aliphatic carbocycles. The van der Waals surface area contributed by atoms with E-state index >= 15 is 0 Å². The van der Waals surface area contributed by atoms with Gasteiger partial charge in [-0.1, -0.05) is 121 Å². The van der Waals surface area contributed by atoms with E-state index in [0.29, 0.717) is 0 Å². The van der Waals surface area contributed by atoms with Crippen molar-refractivity contribution in [3.05, 3.63) is 203 Å². The molecule has 2 nitrogen and oxygen atoms in total. The Morgan fingerprint density at radius 3 is 2.17 bits per heavy atom. The van der Waals surface area contributed by atoms with Crippen LogP contribution < -0.4 is 0 Å². The molecule has 3 heterocycles. The van der Waals surface area contributed by atoms with E-state index in [1.54, 1.807) is 0 Å². The van der Waals surface area contributed by atoms with Gasteiger partial charge in [0.05, 0.1) is 22.6 Å². The Morgan fingerprint density at radius 2 is 1.25 bits per heavy atom. The van der Waals surface area contributed by atoms with Gasteiger partial charge in [0.2, 0.25) is 0 Å². The lowest BCUT2D eigenvalue weighted by atomic mass is 9.65. The Bertz CT molecular complexity index is 3180. The fraction of sp³-hybridized carbons (Fsp3) is 0.0200. The average molecular weight is 691 g/mol. The number of thiophene rings is 1. The molecule has 1 unspecified atom stereocenters. The Kier molecular flexibility index (Phi) is 5.89. The maximum Gasteiger partial charge on any atom is 0.0725 e. The third-order valence-corrected chi connectivity index (χ3v) is 12.9. The van der Waals surface area contributed by atoms with Gasteiger partial charge in [-0.05, 0) is 104 Å². The van der Waals surface area contributed by atoms with E-state index in [9.17, 15) is 0 Å². The highest BCUT2D eigenvalue weighted by atomic mass is 32.1. The second kappa shape index (κ2) is 10.7. The molecule has 1 atom stereocenters. The highest BCUT2D eigenvalue weighted by molar-refractivity contribution is 7.26. The molecule has 246 valence electrons. The summed E-state index contributed by atoms with van der Waals surface area (Å²) in [6.45, 7) is 0. The van der Waals surface area contributed by atoms with Crippen molar-refractivity contribution in [2.45, 2.75) is 5.41 Å². The van der Waals surface area contributed by atoms with Crippen LogP contribution in [-0.2, 0) is 5.41 Å². The quantitative estimate of drug-likeness (QED) is 0.177. The number of hydrogen-bond donors (Lipinski definition) is 0. The van der Waals surface area contributed by atoms with Crippen LogP contribution in [0.25, 0.3) is 82.1 Å². The fourth-order valence-electron chi connectivity index (χ4n) is 9.58. The van der Waals surface area contributed by atoms with Gasteiger partial charge in [0.1, 0.15) is 0 Å². The van der Waals surface area contributed by atoms with Gasteiger partial charge in [-0.2, -0.15) is 0 Å². The smallest absolute Gasteiger partial charge is 0.0725 e. The summed E-state index contributed by atoms with van der Waals surface area (Å²) < 4.78 is 5.00. The lowest BCUT2D eigenvalue weighted by Gasteiger charge is -2.35. The minimum atomic E-state index is -0.506. The summed E-state index contributed by atoms with van der Waals surface area (Å²) >= 11 is 1.90. The predicted octanol–water partition coefficient (Wildman–Crippen LogP) is 13.1. The van der Waals surface area contributed by atoms with Gasteiger partial charge in [-0.25, -0.2) is 0 Å². The van der Waals surface area contributed by atoms with E-state index in [-0.39, 0.29) is 0 Å². The zero-order valence-corrected chi connectivity index (χ0v) is 29.4. The zero-order chi connectivity index (χ0) is 34.7. The number of benzene rings is 7. The van der Waals surface area contributed by atoms with Gasteiger partial charge >= 0.3 is 0 Å². The highest BCUT2D eigenvalue weighted by Crippen LogP contribution is 2.61. The second-order valence-electron chi connectivity index (χ2n) is 14.3. The van der Waals surface area contributed by atoms with Crippen molar-refractivity contribution in [1.29, 1.82) is 0 Å². The van der Waals surface area contributed by atoms with Crippen molar-refractivity contribution >= 4 is 65.5 Å². The first-order valence-corrected chi connectivity index (χ1v) is 19.0. The predicted molar refractivity (Wildman–Crippen MR) is 223 cm³/mol. The van der Waals surface area contributed by atoms with Crippen molar-refractivity contribution in [2.75, 3.05) is 0 Å². The van der Waals surface area contributed by atoms with Gasteiger partial charge in [-0.15, -0.1) is 11.3 Å². The van der Waals surface area contributed by atoms with Gasteiger partial charge in [-0.3, -0.25) is 4.98 Å². The molecule has 0 radical (unpaired) electrons. The van der Waals surface area contributed by atoms with Crippen LogP contribution in [0.5, 0.6) is 0 Å². The molecule has 0 saturated carbocycles. The van der Waals surface area contributed by atoms with Crippen molar-refractivity contribution in [3.8, 4) is 27.9 Å². The summed E-state index contributed by atoms with van der Waals surface area (Å²) in [5, 5.41) is 5.13. The standard InChI is InChI=1S/C50H30N2S/c1-2-11-35(12-3-1)52-44-24-22-33(28-39(44)36-26-27-51-30-45(36)52)34-21-20-32-19-18-31-10-4-7-15-40(31)50(43(32)29-34)41-16-8-5-13-37(41)48-42(50)23-25-47-49(48)38-14-6-9-17-46(38)53-47/h1-30H. The highest BCUT2D eigenvalue weighted by Gasteiger charge is 2.49. The molecule has 10 aromatic rings. The van der Waals surface area contributed by atoms with Crippen LogP contribution in [0.3, 0.4) is 0 Å². The van der Waals surface area contributed by atoms with Crippen LogP contribution in [0, 0.1) is 0 Å². The van der Waals surface area contributed by atoms with Crippen molar-refractivity contribution in [2.24, 2.45) is 0 Å². The van der Waals surface area contributed by atoms with Crippen molar-refractivity contribution < 1.29 is 0 Å². The summed E-state index contributed by atoms with van der Waals surface area (Å²) in [6, 6.07) is 58.8. The Balaban J connectivity index is 1.16. The summed E-state index contributed by atoms with van der Waals surface area (Å²) in [7, 11) is 0. The lowest BCUT2D eigenvalue weighted by molar-refractivity contribution is 0.767. The maximum absolute atomic E-state index is 4.53. The van der Waals surface area contributed by atoms with E-state index in [2.05, 4.69) is 179 Å². The molecular formula is C50H30N2S. The van der Waals surface area contributed by atoms with Crippen LogP contribution >= 0.6 is 11.3 Å². The molecule has 1 spiro atoms. The maximum atomic E-state index is 4.53. The normalized spacial score (nSPS) is 15.5. The van der Waals surface area contributed by atoms with Crippen LogP contribution in [0.2, 0.25) is 0 Å². The van der Waals surface area contributed by atoms with Gasteiger partial charge in [0, 0.05) is 42.8 Å². The van der Waals surface area contributed by atoms with Gasteiger partial charge in [0.15, 0.2) is 0 Å². The average Bonchev–Trinajstić information content (AvgIpc) is 3.83. The van der Waals surface area contributed by atoms with Crippen LogP contribution in [0.4, 0.5) is 0 Å². The minimum Gasteiger partial charge on any atom is -0.308 e. The van der Waals surface area contributed by atoms with E-state index in [4.69, 9.17) is 0 Å². The fourth-order valence-corrected chi connectivity index (χ4v) is 10.7. The van der Waals surface area contributed by atoms with Crippen LogP contribution in [0.1, 0.15) is 33.4 Å². The third-order valence-electron chi connectivity index (χ3n) is 11.7. The number of hydrogen-bond acceptors (Lipinski definition) is 2. The Hall–Kier alpha value is -6.55. The molecule has 12 rings (SSSR count). The molecule has 2 aliphatic rings. The van der Waals surface area contributed by atoms with Crippen molar-refractivity contribution in [3.63, 3.8) is 0 Å². The Labute approximate surface area is 310 Å². The van der Waals surface area contributed by atoms with Crippen LogP contribution in [0.15, 0.2) is 170 Å². The molecule has 0 aliphatic heterocycles. The first-order valence-electron chi connectivity index (χ1n) is 18.2. The second-order valence-corrected chi connectivity index (χ2v) is 15.4. The zero-order valence-electron chi connectivity index (χ0n) is 28.6. The van der Waals surface area contributed by atoms with E-state index in [0.717, 1.165) is 11.2 Å². The molecule has 0 N–H and O–H groups in total. The molecular weight excluding hydrogens is 661 g/mol. The first-order chi connectivity index (χ1) is 26.3. The number of para-hydroxylation sites is 1. The molecule has 0 fully saturated rings. The molecule has 3 aromatic heterocycles. The van der Waals surface area contributed by atoms with E-state index in [1.807, 2.05) is 23.7 Å². The minimum absolute atomic E-state index is 0.506. The van der Waals surface area contributed by atoms with Crippen molar-refractivity contribution in [1.82, 2.24) is 9.55 Å². The largest absolute Gasteiger partial charge is 0.308 e. The SMILES string of the molecule is C1=Cc2ccc(-c3ccc4c(c3)c3ccncc3n4-c3ccccc3)cc2C2(c3ccccc31)c1ccccc1-c1c2ccc2sc3ccccc3c12. The van der Waals surface area contributed by atoms with Crippen LogP contribution in [-0.4, -0.2) is 9.55 Å². The third kappa shape index (κ3) is 3.84. The number of rotatable bonds is 2.